The van der Waals surface area contributed by atoms with E-state index in [1.165, 1.54) is 0 Å². The lowest BCUT2D eigenvalue weighted by molar-refractivity contribution is -0.137. The van der Waals surface area contributed by atoms with Crippen molar-refractivity contribution in [1.29, 1.82) is 0 Å². The molecule has 2 N–H and O–H groups in total. The van der Waals surface area contributed by atoms with Crippen molar-refractivity contribution in [3.8, 4) is 0 Å². The van der Waals surface area contributed by atoms with Crippen LogP contribution in [0.5, 0.6) is 0 Å². The molecule has 17 heavy (non-hydrogen) atoms. The summed E-state index contributed by atoms with van der Waals surface area (Å²) in [6.07, 6.45) is 5.11. The zero-order valence-electron chi connectivity index (χ0n) is 9.43. The predicted molar refractivity (Wildman–Crippen MR) is 62.8 cm³/mol. The Morgan fingerprint density at radius 3 is 2.88 bits per heavy atom. The second-order valence-electron chi connectivity index (χ2n) is 4.04. The normalized spacial score (nSPS) is 12.5. The molecule has 0 saturated heterocycles. The van der Waals surface area contributed by atoms with Gasteiger partial charge in [0.05, 0.1) is 12.7 Å². The van der Waals surface area contributed by atoms with Gasteiger partial charge in [0.25, 0.3) is 0 Å². The second kappa shape index (κ2) is 5.39. The van der Waals surface area contributed by atoms with Crippen LogP contribution in [0, 0.1) is 0 Å². The zero-order chi connectivity index (χ0) is 12.1. The fourth-order valence-electron chi connectivity index (χ4n) is 1.95. The first-order valence-electron chi connectivity index (χ1n) is 5.63. The minimum absolute atomic E-state index is 0.00704. The number of H-pyrrole nitrogens is 1. The molecule has 2 rings (SSSR count). The van der Waals surface area contributed by atoms with Gasteiger partial charge in [-0.1, -0.05) is 0 Å². The van der Waals surface area contributed by atoms with E-state index in [1.807, 2.05) is 30.5 Å². The molecule has 4 nitrogen and oxygen atoms in total. The highest BCUT2D eigenvalue weighted by molar-refractivity contribution is 5.67. The van der Waals surface area contributed by atoms with Crippen molar-refractivity contribution in [2.45, 2.75) is 25.2 Å². The number of aromatic nitrogens is 1. The number of furan rings is 1. The number of hydrogen-bond acceptors (Lipinski definition) is 2. The Hall–Kier alpha value is -1.97. The number of aryl methyl sites for hydroxylation is 1. The molecule has 90 valence electrons. The van der Waals surface area contributed by atoms with E-state index in [4.69, 9.17) is 9.52 Å². The predicted octanol–water partition coefficient (Wildman–Crippen LogP) is 2.80. The Labute approximate surface area is 99.3 Å². The van der Waals surface area contributed by atoms with Crippen LogP contribution in [0.4, 0.5) is 0 Å². The van der Waals surface area contributed by atoms with Gasteiger partial charge in [-0.15, -0.1) is 0 Å². The highest BCUT2D eigenvalue weighted by Crippen LogP contribution is 2.24. The second-order valence-corrected chi connectivity index (χ2v) is 4.04. The van der Waals surface area contributed by atoms with Gasteiger partial charge in [0.1, 0.15) is 5.76 Å². The van der Waals surface area contributed by atoms with E-state index in [0.29, 0.717) is 0 Å². The van der Waals surface area contributed by atoms with Gasteiger partial charge in [-0.3, -0.25) is 4.79 Å². The summed E-state index contributed by atoms with van der Waals surface area (Å²) >= 11 is 0. The van der Waals surface area contributed by atoms with Crippen LogP contribution >= 0.6 is 0 Å². The average Bonchev–Trinajstić information content (AvgIpc) is 2.96. The first-order valence-corrected chi connectivity index (χ1v) is 5.63. The van der Waals surface area contributed by atoms with E-state index >= 15 is 0 Å². The molecule has 2 aromatic heterocycles. The van der Waals surface area contributed by atoms with Crippen LogP contribution in [0.15, 0.2) is 41.1 Å². The van der Waals surface area contributed by atoms with Crippen molar-refractivity contribution in [1.82, 2.24) is 4.98 Å². The van der Waals surface area contributed by atoms with Crippen LogP contribution in [-0.2, 0) is 11.2 Å². The maximum Gasteiger partial charge on any atom is 0.304 e. The molecule has 0 saturated carbocycles. The van der Waals surface area contributed by atoms with Crippen LogP contribution < -0.4 is 0 Å². The largest absolute Gasteiger partial charge is 0.481 e. The number of nitrogens with one attached hydrogen (secondary N) is 1. The van der Waals surface area contributed by atoms with Crippen LogP contribution in [-0.4, -0.2) is 16.1 Å². The molecule has 0 aliphatic heterocycles. The summed E-state index contributed by atoms with van der Waals surface area (Å²) in [6.45, 7) is 0. The molecule has 0 fully saturated rings. The molecule has 4 heteroatoms. The van der Waals surface area contributed by atoms with Gasteiger partial charge in [-0.2, -0.15) is 0 Å². The van der Waals surface area contributed by atoms with E-state index in [1.54, 1.807) is 6.26 Å². The first-order chi connectivity index (χ1) is 8.25. The maximum absolute atomic E-state index is 10.8. The average molecular weight is 233 g/mol. The molecule has 2 heterocycles. The monoisotopic (exact) mass is 233 g/mol. The molecule has 0 bridgehead atoms. The van der Waals surface area contributed by atoms with Crippen molar-refractivity contribution < 1.29 is 14.3 Å². The molecule has 0 aliphatic rings. The topological polar surface area (TPSA) is 66.2 Å². The van der Waals surface area contributed by atoms with E-state index < -0.39 is 5.97 Å². The quantitative estimate of drug-likeness (QED) is 0.806. The Kier molecular flexibility index (Phi) is 3.65. The van der Waals surface area contributed by atoms with Gasteiger partial charge in [-0.25, -0.2) is 0 Å². The van der Waals surface area contributed by atoms with Gasteiger partial charge >= 0.3 is 5.97 Å². The lowest BCUT2D eigenvalue weighted by atomic mass is 9.95. The Bertz CT molecular complexity index is 445. The summed E-state index contributed by atoms with van der Waals surface area (Å²) in [6, 6.07) is 7.57. The Balaban J connectivity index is 1.98. The van der Waals surface area contributed by atoms with Crippen LogP contribution in [0.25, 0.3) is 0 Å². The lowest BCUT2D eigenvalue weighted by Gasteiger charge is -2.12. The third-order valence-electron chi connectivity index (χ3n) is 2.80. The minimum Gasteiger partial charge on any atom is -0.481 e. The number of carboxylic acid groups (broad SMARTS) is 1. The molecule has 1 atom stereocenters. The maximum atomic E-state index is 10.8. The van der Waals surface area contributed by atoms with Crippen LogP contribution in [0.2, 0.25) is 0 Å². The molecule has 0 aliphatic carbocycles. The number of carboxylic acids is 1. The third-order valence-corrected chi connectivity index (χ3v) is 2.80. The fourth-order valence-corrected chi connectivity index (χ4v) is 1.95. The van der Waals surface area contributed by atoms with E-state index in [9.17, 15) is 4.79 Å². The molecule has 0 aromatic carbocycles. The van der Waals surface area contributed by atoms with Gasteiger partial charge in [0, 0.05) is 24.2 Å². The molecular formula is C13H15NO3. The highest BCUT2D eigenvalue weighted by Gasteiger charge is 2.16. The molecule has 0 radical (unpaired) electrons. The molecule has 0 amide bonds. The summed E-state index contributed by atoms with van der Waals surface area (Å²) in [7, 11) is 0. The van der Waals surface area contributed by atoms with E-state index in [-0.39, 0.29) is 12.3 Å². The zero-order valence-corrected chi connectivity index (χ0v) is 9.43. The smallest absolute Gasteiger partial charge is 0.304 e. The summed E-state index contributed by atoms with van der Waals surface area (Å²) in [4.78, 5) is 13.9. The van der Waals surface area contributed by atoms with Crippen molar-refractivity contribution in [2.24, 2.45) is 0 Å². The third kappa shape index (κ3) is 3.24. The molecule has 1 unspecified atom stereocenters. The number of aromatic amines is 1. The van der Waals surface area contributed by atoms with Crippen LogP contribution in [0.3, 0.4) is 0 Å². The molecular weight excluding hydrogens is 218 g/mol. The summed E-state index contributed by atoms with van der Waals surface area (Å²) in [5, 5.41) is 8.90. The number of hydrogen-bond donors (Lipinski definition) is 2. The van der Waals surface area contributed by atoms with Crippen molar-refractivity contribution >= 4 is 5.97 Å². The van der Waals surface area contributed by atoms with Gasteiger partial charge in [0.2, 0.25) is 0 Å². The lowest BCUT2D eigenvalue weighted by Crippen LogP contribution is -2.08. The number of rotatable bonds is 6. The van der Waals surface area contributed by atoms with Gasteiger partial charge in [-0.05, 0) is 30.7 Å². The Morgan fingerprint density at radius 2 is 2.29 bits per heavy atom. The number of carbonyl (C=O) groups is 1. The summed E-state index contributed by atoms with van der Waals surface area (Å²) < 4.78 is 5.25. The van der Waals surface area contributed by atoms with Gasteiger partial charge in [0.15, 0.2) is 0 Å². The Morgan fingerprint density at radius 1 is 1.41 bits per heavy atom. The summed E-state index contributed by atoms with van der Waals surface area (Å²) in [5.74, 6) is 0.128. The highest BCUT2D eigenvalue weighted by atomic mass is 16.4. The summed E-state index contributed by atoms with van der Waals surface area (Å²) in [5.41, 5.74) is 0.971. The van der Waals surface area contributed by atoms with E-state index in [2.05, 4.69) is 4.98 Å². The minimum atomic E-state index is -0.774. The molecule has 2 aromatic rings. The van der Waals surface area contributed by atoms with Crippen molar-refractivity contribution in [3.63, 3.8) is 0 Å². The fraction of sp³-hybridized carbons (Fsp3) is 0.308. The SMILES string of the molecule is O=C(O)CC(CCc1ccco1)c1ccc[nH]1. The number of aliphatic carboxylic acids is 1. The van der Waals surface area contributed by atoms with Crippen molar-refractivity contribution in [2.75, 3.05) is 0 Å². The first kappa shape index (κ1) is 11.5. The van der Waals surface area contributed by atoms with Gasteiger partial charge < -0.3 is 14.5 Å². The van der Waals surface area contributed by atoms with Crippen molar-refractivity contribution in [3.05, 3.63) is 48.2 Å². The standard InChI is InChI=1S/C13H15NO3/c15-13(16)9-10(12-4-1-7-14-12)5-6-11-3-2-8-17-11/h1-4,7-8,10,14H,5-6,9H2,(H,15,16). The van der Waals surface area contributed by atoms with E-state index in [0.717, 1.165) is 24.3 Å². The molecule has 0 spiro atoms. The van der Waals surface area contributed by atoms with Crippen LogP contribution in [0.1, 0.15) is 30.2 Å².